The van der Waals surface area contributed by atoms with Gasteiger partial charge in [-0.3, -0.25) is 0 Å². The van der Waals surface area contributed by atoms with Gasteiger partial charge in [0.15, 0.2) is 11.2 Å². The Morgan fingerprint density at radius 1 is 0.912 bits per heavy atom. The summed E-state index contributed by atoms with van der Waals surface area (Å²) in [7, 11) is 4.82. The number of methoxy groups -OCH3 is 3. The zero-order chi connectivity index (χ0) is 23.5. The summed E-state index contributed by atoms with van der Waals surface area (Å²) in [5, 5.41) is 12.9. The van der Waals surface area contributed by atoms with Crippen LogP contribution in [0.3, 0.4) is 0 Å². The van der Waals surface area contributed by atoms with Crippen LogP contribution in [-0.4, -0.2) is 33.0 Å². The van der Waals surface area contributed by atoms with Crippen LogP contribution >= 0.6 is 0 Å². The first-order valence-corrected chi connectivity index (χ1v) is 11.2. The number of aliphatic hydroxyl groups is 1. The molecule has 1 aliphatic carbocycles. The van der Waals surface area contributed by atoms with E-state index in [1.54, 1.807) is 27.4 Å². The van der Waals surface area contributed by atoms with Crippen LogP contribution in [0.5, 0.6) is 23.0 Å². The van der Waals surface area contributed by atoms with Crippen molar-refractivity contribution in [3.63, 3.8) is 0 Å². The number of hydrazine groups is 1. The SMILES string of the molecule is COc1ccc([C@@]23Oc4cc(OC)cc(OC)c4[C@]2(O)C2=C(CNN2)[C@H]3c2ccccc2)cc1. The summed E-state index contributed by atoms with van der Waals surface area (Å²) >= 11 is 0. The fourth-order valence-corrected chi connectivity index (χ4v) is 5.86. The quantitative estimate of drug-likeness (QED) is 0.541. The van der Waals surface area contributed by atoms with Crippen molar-refractivity contribution in [2.75, 3.05) is 27.9 Å². The second-order valence-electron chi connectivity index (χ2n) is 8.70. The molecule has 0 saturated carbocycles. The molecule has 7 heteroatoms. The highest BCUT2D eigenvalue weighted by Crippen LogP contribution is 2.70. The van der Waals surface area contributed by atoms with E-state index in [0.717, 1.165) is 22.4 Å². The first kappa shape index (κ1) is 20.9. The van der Waals surface area contributed by atoms with E-state index in [-0.39, 0.29) is 5.92 Å². The van der Waals surface area contributed by atoms with Crippen LogP contribution in [0.4, 0.5) is 0 Å². The number of nitrogens with one attached hydrogen (secondary N) is 2. The molecule has 0 aromatic heterocycles. The number of hydrogen-bond acceptors (Lipinski definition) is 7. The molecule has 0 spiro atoms. The van der Waals surface area contributed by atoms with Crippen LogP contribution in [0.2, 0.25) is 0 Å². The Morgan fingerprint density at radius 2 is 1.65 bits per heavy atom. The lowest BCUT2D eigenvalue weighted by atomic mass is 9.69. The van der Waals surface area contributed by atoms with Crippen molar-refractivity contribution in [3.8, 4) is 23.0 Å². The molecular weight excluding hydrogens is 432 g/mol. The smallest absolute Gasteiger partial charge is 0.183 e. The van der Waals surface area contributed by atoms with Crippen molar-refractivity contribution >= 4 is 0 Å². The summed E-state index contributed by atoms with van der Waals surface area (Å²) in [5.74, 6) is 2.07. The van der Waals surface area contributed by atoms with Crippen LogP contribution in [0.25, 0.3) is 0 Å². The fourth-order valence-electron chi connectivity index (χ4n) is 5.86. The molecule has 3 N–H and O–H groups in total. The molecule has 3 atom stereocenters. The van der Waals surface area contributed by atoms with E-state index < -0.39 is 11.2 Å². The largest absolute Gasteiger partial charge is 0.497 e. The third-order valence-corrected chi connectivity index (χ3v) is 7.25. The van der Waals surface area contributed by atoms with Crippen molar-refractivity contribution in [2.24, 2.45) is 0 Å². The first-order valence-electron chi connectivity index (χ1n) is 11.2. The first-order chi connectivity index (χ1) is 16.6. The van der Waals surface area contributed by atoms with Crippen molar-refractivity contribution in [1.82, 2.24) is 10.9 Å². The summed E-state index contributed by atoms with van der Waals surface area (Å²) in [6.45, 7) is 0.576. The normalized spacial score (nSPS) is 26.3. The van der Waals surface area contributed by atoms with Crippen LogP contribution < -0.4 is 29.8 Å². The van der Waals surface area contributed by atoms with E-state index in [9.17, 15) is 5.11 Å². The summed E-state index contributed by atoms with van der Waals surface area (Å²) in [5.41, 5.74) is 7.94. The number of benzene rings is 3. The van der Waals surface area contributed by atoms with Crippen LogP contribution in [0.15, 0.2) is 78.0 Å². The van der Waals surface area contributed by atoms with Gasteiger partial charge in [0.1, 0.15) is 23.0 Å². The van der Waals surface area contributed by atoms with Gasteiger partial charge in [-0.15, -0.1) is 0 Å². The minimum Gasteiger partial charge on any atom is -0.497 e. The minimum absolute atomic E-state index is 0.271. The van der Waals surface area contributed by atoms with Gasteiger partial charge >= 0.3 is 0 Å². The maximum Gasteiger partial charge on any atom is 0.183 e. The Morgan fingerprint density at radius 3 is 2.32 bits per heavy atom. The van der Waals surface area contributed by atoms with Crippen LogP contribution in [0, 0.1) is 0 Å². The number of rotatable bonds is 5. The highest BCUT2D eigenvalue weighted by molar-refractivity contribution is 5.68. The number of fused-ring (bicyclic) bond motifs is 4. The van der Waals surface area contributed by atoms with Gasteiger partial charge in [-0.1, -0.05) is 42.5 Å². The van der Waals surface area contributed by atoms with E-state index in [2.05, 4.69) is 23.0 Å². The minimum atomic E-state index is -1.55. The van der Waals surface area contributed by atoms with E-state index in [4.69, 9.17) is 18.9 Å². The molecule has 0 unspecified atom stereocenters. The van der Waals surface area contributed by atoms with E-state index >= 15 is 0 Å². The molecule has 3 aromatic carbocycles. The molecule has 34 heavy (non-hydrogen) atoms. The van der Waals surface area contributed by atoms with Gasteiger partial charge in [-0.2, -0.15) is 0 Å². The monoisotopic (exact) mass is 458 g/mol. The average Bonchev–Trinajstić information content (AvgIpc) is 3.51. The maximum absolute atomic E-state index is 12.9. The Kier molecular flexibility index (Phi) is 4.56. The third kappa shape index (κ3) is 2.48. The van der Waals surface area contributed by atoms with Crippen molar-refractivity contribution in [3.05, 3.63) is 94.7 Å². The van der Waals surface area contributed by atoms with Gasteiger partial charge in [-0.25, -0.2) is 5.43 Å². The van der Waals surface area contributed by atoms with Crippen LogP contribution in [0.1, 0.15) is 22.6 Å². The predicted octanol–water partition coefficient (Wildman–Crippen LogP) is 3.35. The van der Waals surface area contributed by atoms with Gasteiger partial charge in [0, 0.05) is 24.2 Å². The molecule has 0 bridgehead atoms. The molecule has 2 heterocycles. The zero-order valence-electron chi connectivity index (χ0n) is 19.2. The lowest BCUT2D eigenvalue weighted by Gasteiger charge is -2.42. The van der Waals surface area contributed by atoms with E-state index in [0.29, 0.717) is 35.1 Å². The second-order valence-corrected chi connectivity index (χ2v) is 8.70. The van der Waals surface area contributed by atoms with Gasteiger partial charge in [-0.05, 0) is 23.3 Å². The van der Waals surface area contributed by atoms with Crippen molar-refractivity contribution < 1.29 is 24.1 Å². The van der Waals surface area contributed by atoms with Crippen molar-refractivity contribution in [1.29, 1.82) is 0 Å². The average molecular weight is 459 g/mol. The topological polar surface area (TPSA) is 81.2 Å². The van der Waals surface area contributed by atoms with E-state index in [1.165, 1.54) is 0 Å². The molecule has 2 aliphatic heterocycles. The summed E-state index contributed by atoms with van der Waals surface area (Å²) in [4.78, 5) is 0. The molecule has 0 radical (unpaired) electrons. The number of ether oxygens (including phenoxy) is 4. The van der Waals surface area contributed by atoms with Crippen LogP contribution in [-0.2, 0) is 11.2 Å². The molecule has 0 saturated heterocycles. The maximum atomic E-state index is 12.9. The van der Waals surface area contributed by atoms with Crippen molar-refractivity contribution in [2.45, 2.75) is 17.1 Å². The van der Waals surface area contributed by atoms with Gasteiger partial charge in [0.2, 0.25) is 0 Å². The second kappa shape index (κ2) is 7.41. The zero-order valence-corrected chi connectivity index (χ0v) is 19.2. The molecule has 3 aliphatic rings. The fraction of sp³-hybridized carbons (Fsp3) is 0.259. The lowest BCUT2D eigenvalue weighted by Crippen LogP contribution is -2.53. The highest BCUT2D eigenvalue weighted by Gasteiger charge is 2.73. The summed E-state index contributed by atoms with van der Waals surface area (Å²) in [6.07, 6.45) is 0. The molecule has 3 aromatic rings. The molecule has 7 nitrogen and oxygen atoms in total. The van der Waals surface area contributed by atoms with Gasteiger partial charge < -0.3 is 29.5 Å². The molecule has 0 fully saturated rings. The highest BCUT2D eigenvalue weighted by atomic mass is 16.5. The third-order valence-electron chi connectivity index (χ3n) is 7.25. The lowest BCUT2D eigenvalue weighted by molar-refractivity contribution is -0.0980. The Bertz CT molecular complexity index is 1290. The Labute approximate surface area is 197 Å². The van der Waals surface area contributed by atoms with Gasteiger partial charge in [0.25, 0.3) is 0 Å². The Balaban J connectivity index is 1.69. The summed E-state index contributed by atoms with van der Waals surface area (Å²) in [6, 6.07) is 21.5. The summed E-state index contributed by atoms with van der Waals surface area (Å²) < 4.78 is 23.6. The van der Waals surface area contributed by atoms with E-state index in [1.807, 2.05) is 48.5 Å². The Hall–Kier alpha value is -3.68. The molecular formula is C27H26N2O5. The number of hydrogen-bond donors (Lipinski definition) is 3. The molecule has 174 valence electrons. The molecule has 0 amide bonds. The standard InChI is InChI=1S/C27H26N2O5/c1-31-18-11-9-17(10-12-18)27-23(16-7-5-4-6-8-16)20-15-28-29-25(20)26(27,30)24-21(33-3)13-19(32-2)14-22(24)34-27/h4-14,23,28-30H,15H2,1-3H3/t23-,26+,27+/m1/s1. The predicted molar refractivity (Wildman–Crippen MR) is 126 cm³/mol. The van der Waals surface area contributed by atoms with Gasteiger partial charge in [0.05, 0.1) is 38.5 Å². The molecule has 6 rings (SSSR count).